The summed E-state index contributed by atoms with van der Waals surface area (Å²) in [6, 6.07) is 0. The highest BCUT2D eigenvalue weighted by Gasteiger charge is 2.01. The van der Waals surface area contributed by atoms with Crippen molar-refractivity contribution in [2.24, 2.45) is 0 Å². The molecule has 0 saturated heterocycles. The summed E-state index contributed by atoms with van der Waals surface area (Å²) < 4.78 is 5.40. The van der Waals surface area contributed by atoms with E-state index >= 15 is 0 Å². The van der Waals surface area contributed by atoms with Gasteiger partial charge in [-0.25, -0.2) is 0 Å². The van der Waals surface area contributed by atoms with Crippen LogP contribution in [0.3, 0.4) is 0 Å². The second-order valence-corrected chi connectivity index (χ2v) is 3.72. The summed E-state index contributed by atoms with van der Waals surface area (Å²) in [7, 11) is 1.84. The zero-order valence-electron chi connectivity index (χ0n) is 8.04. The van der Waals surface area contributed by atoms with Crippen LogP contribution < -0.4 is 5.32 Å². The van der Waals surface area contributed by atoms with Crippen LogP contribution in [-0.2, 0) is 11.3 Å². The first-order valence-electron chi connectivity index (χ1n) is 4.44. The summed E-state index contributed by atoms with van der Waals surface area (Å²) in [6.45, 7) is 3.54. The topological polar surface area (TPSA) is 47.0 Å². The van der Waals surface area contributed by atoms with Gasteiger partial charge in [-0.3, -0.25) is 0 Å². The quantitative estimate of drug-likeness (QED) is 0.714. The van der Waals surface area contributed by atoms with E-state index in [4.69, 9.17) is 4.74 Å². The predicted molar refractivity (Wildman–Crippen MR) is 54.0 cm³/mol. The largest absolute Gasteiger partial charge is 0.374 e. The fourth-order valence-corrected chi connectivity index (χ4v) is 1.45. The summed E-state index contributed by atoms with van der Waals surface area (Å²) in [6.07, 6.45) is 2.27. The molecule has 0 aliphatic heterocycles. The first-order chi connectivity index (χ1) is 6.36. The molecule has 0 amide bonds. The fraction of sp³-hybridized carbons (Fsp3) is 0.750. The summed E-state index contributed by atoms with van der Waals surface area (Å²) in [5.74, 6) is 0. The van der Waals surface area contributed by atoms with Gasteiger partial charge < -0.3 is 10.1 Å². The molecule has 1 aromatic heterocycles. The van der Waals surface area contributed by atoms with E-state index in [1.54, 1.807) is 0 Å². The number of hydrogen-bond acceptors (Lipinski definition) is 5. The van der Waals surface area contributed by atoms with Crippen LogP contribution in [0.25, 0.3) is 0 Å². The average molecular weight is 201 g/mol. The molecule has 1 heterocycles. The molecule has 4 nitrogen and oxygen atoms in total. The van der Waals surface area contributed by atoms with Crippen LogP contribution in [0, 0.1) is 0 Å². The summed E-state index contributed by atoms with van der Waals surface area (Å²) in [5, 5.41) is 12.6. The van der Waals surface area contributed by atoms with Crippen LogP contribution in [0.2, 0.25) is 0 Å². The van der Waals surface area contributed by atoms with E-state index in [1.165, 1.54) is 11.3 Å². The first kappa shape index (κ1) is 10.4. The van der Waals surface area contributed by atoms with Crippen molar-refractivity contribution >= 4 is 16.5 Å². The number of ether oxygens (including phenoxy) is 1. The smallest absolute Gasteiger partial charge is 0.205 e. The van der Waals surface area contributed by atoms with Gasteiger partial charge in [0.2, 0.25) is 5.13 Å². The van der Waals surface area contributed by atoms with Gasteiger partial charge in [0.15, 0.2) is 0 Å². The highest BCUT2D eigenvalue weighted by atomic mass is 32.1. The van der Waals surface area contributed by atoms with E-state index in [9.17, 15) is 0 Å². The summed E-state index contributed by atoms with van der Waals surface area (Å²) >= 11 is 1.53. The molecule has 0 radical (unpaired) electrons. The van der Waals surface area contributed by atoms with Gasteiger partial charge in [0.05, 0.1) is 0 Å². The van der Waals surface area contributed by atoms with Gasteiger partial charge >= 0.3 is 0 Å². The van der Waals surface area contributed by atoms with Crippen molar-refractivity contribution in [2.75, 3.05) is 19.0 Å². The number of aromatic nitrogens is 2. The number of nitrogens with zero attached hydrogens (tertiary/aromatic N) is 2. The Hall–Kier alpha value is -0.680. The maximum absolute atomic E-state index is 5.40. The molecule has 0 aliphatic rings. The molecule has 1 N–H and O–H groups in total. The third kappa shape index (κ3) is 3.69. The monoisotopic (exact) mass is 201 g/mol. The lowest BCUT2D eigenvalue weighted by Crippen LogP contribution is -1.94. The third-order valence-corrected chi connectivity index (χ3v) is 2.46. The SMILES string of the molecule is CCCCOCc1nnc(NC)s1. The van der Waals surface area contributed by atoms with Gasteiger partial charge in [-0.05, 0) is 6.42 Å². The molecule has 0 spiro atoms. The molecule has 5 heteroatoms. The second kappa shape index (κ2) is 5.88. The number of rotatable bonds is 6. The lowest BCUT2D eigenvalue weighted by molar-refractivity contribution is 0.117. The number of unbranched alkanes of at least 4 members (excludes halogenated alkanes) is 1. The van der Waals surface area contributed by atoms with Crippen LogP contribution >= 0.6 is 11.3 Å². The lowest BCUT2D eigenvalue weighted by Gasteiger charge is -1.98. The standard InChI is InChI=1S/C8H15N3OS/c1-3-4-5-12-6-7-10-11-8(9-2)13-7/h3-6H2,1-2H3,(H,9,11). The fourth-order valence-electron chi connectivity index (χ4n) is 0.819. The predicted octanol–water partition coefficient (Wildman–Crippen LogP) is 1.90. The van der Waals surface area contributed by atoms with Gasteiger partial charge in [-0.15, -0.1) is 10.2 Å². The molecule has 13 heavy (non-hydrogen) atoms. The zero-order valence-corrected chi connectivity index (χ0v) is 8.86. The molecule has 74 valence electrons. The maximum atomic E-state index is 5.40. The number of anilines is 1. The molecule has 1 rings (SSSR count). The van der Waals surface area contributed by atoms with Gasteiger partial charge in [0.1, 0.15) is 11.6 Å². The van der Waals surface area contributed by atoms with Crippen LogP contribution in [0.1, 0.15) is 24.8 Å². The third-order valence-electron chi connectivity index (χ3n) is 1.55. The van der Waals surface area contributed by atoms with Crippen molar-refractivity contribution in [2.45, 2.75) is 26.4 Å². The van der Waals surface area contributed by atoms with Crippen molar-refractivity contribution in [3.8, 4) is 0 Å². The van der Waals surface area contributed by atoms with Crippen molar-refractivity contribution in [1.29, 1.82) is 0 Å². The van der Waals surface area contributed by atoms with E-state index in [0.29, 0.717) is 6.61 Å². The van der Waals surface area contributed by atoms with Crippen molar-refractivity contribution < 1.29 is 4.74 Å². The lowest BCUT2D eigenvalue weighted by atomic mass is 10.4. The molecule has 0 atom stereocenters. The van der Waals surface area contributed by atoms with Crippen LogP contribution in [0.5, 0.6) is 0 Å². The van der Waals surface area contributed by atoms with E-state index in [2.05, 4.69) is 22.4 Å². The summed E-state index contributed by atoms with van der Waals surface area (Å²) in [5.41, 5.74) is 0. The second-order valence-electron chi connectivity index (χ2n) is 2.66. The van der Waals surface area contributed by atoms with Gasteiger partial charge in [-0.2, -0.15) is 0 Å². The van der Waals surface area contributed by atoms with Crippen LogP contribution in [-0.4, -0.2) is 23.9 Å². The Morgan fingerprint density at radius 2 is 2.31 bits per heavy atom. The van der Waals surface area contributed by atoms with Gasteiger partial charge in [0, 0.05) is 13.7 Å². The first-order valence-corrected chi connectivity index (χ1v) is 5.26. The molecule has 0 aliphatic carbocycles. The molecule has 0 fully saturated rings. The van der Waals surface area contributed by atoms with Gasteiger partial charge in [0.25, 0.3) is 0 Å². The minimum absolute atomic E-state index is 0.583. The molecule has 0 aromatic carbocycles. The van der Waals surface area contributed by atoms with Crippen molar-refractivity contribution in [3.63, 3.8) is 0 Å². The van der Waals surface area contributed by atoms with E-state index in [1.807, 2.05) is 7.05 Å². The molecule has 0 unspecified atom stereocenters. The highest BCUT2D eigenvalue weighted by molar-refractivity contribution is 7.15. The maximum Gasteiger partial charge on any atom is 0.205 e. The Morgan fingerprint density at radius 1 is 1.46 bits per heavy atom. The van der Waals surface area contributed by atoms with Gasteiger partial charge in [-0.1, -0.05) is 24.7 Å². The van der Waals surface area contributed by atoms with Crippen LogP contribution in [0.4, 0.5) is 5.13 Å². The van der Waals surface area contributed by atoms with E-state index in [0.717, 1.165) is 29.6 Å². The zero-order chi connectivity index (χ0) is 9.52. The number of hydrogen-bond donors (Lipinski definition) is 1. The number of nitrogens with one attached hydrogen (secondary N) is 1. The van der Waals surface area contributed by atoms with E-state index in [-0.39, 0.29) is 0 Å². The van der Waals surface area contributed by atoms with Crippen molar-refractivity contribution in [3.05, 3.63) is 5.01 Å². The minimum Gasteiger partial charge on any atom is -0.374 e. The molecular formula is C8H15N3OS. The Bertz CT molecular complexity index is 239. The Morgan fingerprint density at radius 3 is 2.92 bits per heavy atom. The average Bonchev–Trinajstić information content (AvgIpc) is 2.60. The normalized spacial score (nSPS) is 10.3. The molecular weight excluding hydrogens is 186 g/mol. The van der Waals surface area contributed by atoms with E-state index < -0.39 is 0 Å². The Labute approximate surface area is 82.3 Å². The van der Waals surface area contributed by atoms with Crippen LogP contribution in [0.15, 0.2) is 0 Å². The highest BCUT2D eigenvalue weighted by Crippen LogP contribution is 2.14. The molecule has 0 saturated carbocycles. The summed E-state index contributed by atoms with van der Waals surface area (Å²) in [4.78, 5) is 0. The minimum atomic E-state index is 0.583. The Kier molecular flexibility index (Phi) is 4.70. The Balaban J connectivity index is 2.20. The molecule has 0 bridgehead atoms. The van der Waals surface area contributed by atoms with Crippen molar-refractivity contribution in [1.82, 2.24) is 10.2 Å². The molecule has 1 aromatic rings.